The molecule has 0 atom stereocenters. The van der Waals surface area contributed by atoms with Crippen molar-refractivity contribution in [1.29, 1.82) is 0 Å². The minimum atomic E-state index is 0.836. The van der Waals surface area contributed by atoms with Crippen LogP contribution in [0.4, 0.5) is 5.13 Å². The van der Waals surface area contributed by atoms with Gasteiger partial charge >= 0.3 is 0 Å². The van der Waals surface area contributed by atoms with E-state index < -0.39 is 0 Å². The zero-order chi connectivity index (χ0) is 13.0. The molecule has 0 aliphatic carbocycles. The third-order valence-corrected chi connectivity index (χ3v) is 3.90. The lowest BCUT2D eigenvalue weighted by atomic mass is 10.1. The molecule has 96 valence electrons. The Morgan fingerprint density at radius 1 is 1.44 bits per heavy atom. The Bertz CT molecular complexity index is 506. The summed E-state index contributed by atoms with van der Waals surface area (Å²) < 4.78 is 9.93. The van der Waals surface area contributed by atoms with Gasteiger partial charge in [0.25, 0.3) is 0 Å². The number of aromatic nitrogens is 3. The van der Waals surface area contributed by atoms with Crippen molar-refractivity contribution in [2.45, 2.75) is 6.42 Å². The molecular formula is C11H13BrN4OS. The first-order chi connectivity index (χ1) is 8.70. The van der Waals surface area contributed by atoms with Crippen molar-refractivity contribution in [3.8, 4) is 5.75 Å². The number of rotatable bonds is 5. The predicted molar refractivity (Wildman–Crippen MR) is 75.4 cm³/mol. The van der Waals surface area contributed by atoms with E-state index in [-0.39, 0.29) is 0 Å². The van der Waals surface area contributed by atoms with Crippen molar-refractivity contribution < 1.29 is 4.74 Å². The number of hydrogen-bond donors (Lipinski definition) is 0. The van der Waals surface area contributed by atoms with E-state index >= 15 is 0 Å². The van der Waals surface area contributed by atoms with Crippen molar-refractivity contribution >= 4 is 32.6 Å². The van der Waals surface area contributed by atoms with Gasteiger partial charge in [-0.25, -0.2) is 0 Å². The molecule has 0 radical (unpaired) electrons. The maximum Gasteiger partial charge on any atom is 0.227 e. The zero-order valence-corrected chi connectivity index (χ0v) is 12.5. The Balaban J connectivity index is 1.96. The second-order valence-corrected chi connectivity index (χ2v) is 5.35. The third kappa shape index (κ3) is 3.17. The van der Waals surface area contributed by atoms with Crippen molar-refractivity contribution in [3.05, 3.63) is 28.2 Å². The van der Waals surface area contributed by atoms with Gasteiger partial charge in [0.1, 0.15) is 5.75 Å². The van der Waals surface area contributed by atoms with Gasteiger partial charge in [-0.3, -0.25) is 0 Å². The smallest absolute Gasteiger partial charge is 0.227 e. The van der Waals surface area contributed by atoms with E-state index in [4.69, 9.17) is 4.74 Å². The second-order valence-electron chi connectivity index (χ2n) is 3.79. The van der Waals surface area contributed by atoms with Gasteiger partial charge in [-0.2, -0.15) is 0 Å². The van der Waals surface area contributed by atoms with Gasteiger partial charge in [-0.15, -0.1) is 0 Å². The standard InChI is InChI=1S/C11H13BrN4OS/c1-16(11-13-14-15-18-11)6-5-8-3-4-10(17-2)9(12)7-8/h3-4,7H,5-6H2,1-2H3. The van der Waals surface area contributed by atoms with Crippen molar-refractivity contribution in [2.24, 2.45) is 0 Å². The fourth-order valence-corrected chi connectivity index (χ4v) is 2.57. The molecule has 0 saturated carbocycles. The molecule has 0 spiro atoms. The Kier molecular flexibility index (Phi) is 4.48. The first-order valence-electron chi connectivity index (χ1n) is 5.39. The van der Waals surface area contributed by atoms with Gasteiger partial charge in [0, 0.05) is 25.1 Å². The van der Waals surface area contributed by atoms with Crippen LogP contribution in [0.1, 0.15) is 5.56 Å². The number of benzene rings is 1. The largest absolute Gasteiger partial charge is 0.496 e. The summed E-state index contributed by atoms with van der Waals surface area (Å²) in [5, 5.41) is 8.35. The molecule has 0 aliphatic rings. The highest BCUT2D eigenvalue weighted by molar-refractivity contribution is 9.10. The summed E-state index contributed by atoms with van der Waals surface area (Å²) in [6.07, 6.45) is 0.929. The average Bonchev–Trinajstić information content (AvgIpc) is 2.90. The first-order valence-corrected chi connectivity index (χ1v) is 6.96. The fourth-order valence-electron chi connectivity index (χ4n) is 1.53. The number of anilines is 1. The minimum Gasteiger partial charge on any atom is -0.496 e. The molecule has 2 aromatic rings. The molecule has 18 heavy (non-hydrogen) atoms. The summed E-state index contributed by atoms with van der Waals surface area (Å²) >= 11 is 4.78. The molecule has 0 amide bonds. The topological polar surface area (TPSA) is 51.1 Å². The Morgan fingerprint density at radius 3 is 2.89 bits per heavy atom. The number of methoxy groups -OCH3 is 1. The normalized spacial score (nSPS) is 10.4. The Morgan fingerprint density at radius 2 is 2.28 bits per heavy atom. The summed E-state index contributed by atoms with van der Waals surface area (Å²) in [6.45, 7) is 0.871. The summed E-state index contributed by atoms with van der Waals surface area (Å²) in [5.74, 6) is 0.848. The molecule has 5 nitrogen and oxygen atoms in total. The van der Waals surface area contributed by atoms with Crippen LogP contribution in [-0.2, 0) is 6.42 Å². The van der Waals surface area contributed by atoms with Crippen LogP contribution in [0.2, 0.25) is 0 Å². The van der Waals surface area contributed by atoms with Crippen LogP contribution in [0.25, 0.3) is 0 Å². The van der Waals surface area contributed by atoms with Gasteiger partial charge in [0.05, 0.1) is 11.6 Å². The van der Waals surface area contributed by atoms with Gasteiger partial charge < -0.3 is 9.64 Å². The highest BCUT2D eigenvalue weighted by atomic mass is 79.9. The summed E-state index contributed by atoms with van der Waals surface area (Å²) in [6, 6.07) is 6.10. The quantitative estimate of drug-likeness (QED) is 0.843. The number of halogens is 1. The van der Waals surface area contributed by atoms with E-state index in [9.17, 15) is 0 Å². The third-order valence-electron chi connectivity index (χ3n) is 2.57. The molecule has 1 aromatic heterocycles. The molecule has 0 bridgehead atoms. The second kappa shape index (κ2) is 6.10. The Hall–Kier alpha value is -1.21. The molecule has 7 heteroatoms. The molecule has 0 fully saturated rings. The van der Waals surface area contributed by atoms with Gasteiger partial charge in [-0.05, 0) is 45.3 Å². The van der Waals surface area contributed by atoms with Crippen LogP contribution in [-0.4, -0.2) is 35.5 Å². The van der Waals surface area contributed by atoms with Crippen LogP contribution in [0, 0.1) is 0 Å². The zero-order valence-electron chi connectivity index (χ0n) is 10.1. The number of hydrogen-bond acceptors (Lipinski definition) is 6. The number of ether oxygens (including phenoxy) is 1. The highest BCUT2D eigenvalue weighted by Crippen LogP contribution is 2.25. The lowest BCUT2D eigenvalue weighted by Crippen LogP contribution is -2.20. The summed E-state index contributed by atoms with van der Waals surface area (Å²) in [4.78, 5) is 2.04. The molecule has 0 unspecified atom stereocenters. The summed E-state index contributed by atoms with van der Waals surface area (Å²) in [7, 11) is 3.65. The number of likely N-dealkylation sites (N-methyl/N-ethyl adjacent to an activating group) is 1. The fraction of sp³-hybridized carbons (Fsp3) is 0.364. The highest BCUT2D eigenvalue weighted by Gasteiger charge is 2.06. The molecule has 0 N–H and O–H groups in total. The van der Waals surface area contributed by atoms with E-state index in [1.807, 2.05) is 18.0 Å². The molecule has 0 saturated heterocycles. The van der Waals surface area contributed by atoms with Crippen LogP contribution >= 0.6 is 27.5 Å². The molecule has 2 rings (SSSR count). The molecular weight excluding hydrogens is 316 g/mol. The molecule has 0 aliphatic heterocycles. The maximum absolute atomic E-state index is 5.20. The van der Waals surface area contributed by atoms with E-state index in [2.05, 4.69) is 42.9 Å². The van der Waals surface area contributed by atoms with Crippen LogP contribution in [0.5, 0.6) is 5.75 Å². The van der Waals surface area contributed by atoms with Crippen LogP contribution < -0.4 is 9.64 Å². The molecule has 1 heterocycles. The lowest BCUT2D eigenvalue weighted by Gasteiger charge is -2.14. The van der Waals surface area contributed by atoms with E-state index in [1.165, 1.54) is 17.1 Å². The van der Waals surface area contributed by atoms with Crippen molar-refractivity contribution in [3.63, 3.8) is 0 Å². The summed E-state index contributed by atoms with van der Waals surface area (Å²) in [5.41, 5.74) is 1.24. The first kappa shape index (κ1) is 13.2. The van der Waals surface area contributed by atoms with Crippen LogP contribution in [0.3, 0.4) is 0 Å². The number of nitrogens with zero attached hydrogens (tertiary/aromatic N) is 4. The van der Waals surface area contributed by atoms with Crippen molar-refractivity contribution in [1.82, 2.24) is 14.8 Å². The van der Waals surface area contributed by atoms with Gasteiger partial charge in [0.15, 0.2) is 0 Å². The Labute approximate surface area is 118 Å². The maximum atomic E-state index is 5.20. The van der Waals surface area contributed by atoms with Crippen LogP contribution in [0.15, 0.2) is 22.7 Å². The van der Waals surface area contributed by atoms with Gasteiger partial charge in [-0.1, -0.05) is 15.7 Å². The van der Waals surface area contributed by atoms with E-state index in [0.717, 1.165) is 28.3 Å². The minimum absolute atomic E-state index is 0.836. The average molecular weight is 329 g/mol. The monoisotopic (exact) mass is 328 g/mol. The van der Waals surface area contributed by atoms with Gasteiger partial charge in [0.2, 0.25) is 5.13 Å². The van der Waals surface area contributed by atoms with E-state index in [1.54, 1.807) is 7.11 Å². The lowest BCUT2D eigenvalue weighted by molar-refractivity contribution is 0.412. The predicted octanol–water partition coefficient (Wildman–Crippen LogP) is 2.38. The SMILES string of the molecule is COc1ccc(CCN(C)c2nnns2)cc1Br. The van der Waals surface area contributed by atoms with E-state index in [0.29, 0.717) is 0 Å². The molecule has 1 aromatic carbocycles. The van der Waals surface area contributed by atoms with Crippen molar-refractivity contribution in [2.75, 3.05) is 25.6 Å².